The molecule has 0 saturated carbocycles. The molecule has 1 amide bonds. The van der Waals surface area contributed by atoms with Crippen LogP contribution in [0.25, 0.3) is 0 Å². The molecule has 4 aromatic carbocycles. The second-order valence-electron chi connectivity index (χ2n) is 8.95. The molecule has 0 bridgehead atoms. The lowest BCUT2D eigenvalue weighted by atomic mass is 10.2. The number of amides is 1. The van der Waals surface area contributed by atoms with Gasteiger partial charge in [0, 0.05) is 6.89 Å². The van der Waals surface area contributed by atoms with E-state index < -0.39 is 23.6 Å². The summed E-state index contributed by atoms with van der Waals surface area (Å²) in [6.07, 6.45) is 0. The Balaban J connectivity index is 1.80. The summed E-state index contributed by atoms with van der Waals surface area (Å²) in [6.45, 7) is -2.93. The van der Waals surface area contributed by atoms with E-state index in [9.17, 15) is 9.59 Å². The van der Waals surface area contributed by atoms with E-state index >= 15 is 0 Å². The minimum absolute atomic E-state index is 0.0221. The molecular formula is C31H27ClNO4PS. The van der Waals surface area contributed by atoms with Crippen molar-refractivity contribution in [2.75, 3.05) is 7.11 Å². The van der Waals surface area contributed by atoms with Crippen molar-refractivity contribution < 1.29 is 19.1 Å². The van der Waals surface area contributed by atoms with Crippen LogP contribution in [0.2, 0.25) is 0 Å². The van der Waals surface area contributed by atoms with Gasteiger partial charge in [-0.05, 0) is 33.6 Å². The number of alkyl halides is 1. The van der Waals surface area contributed by atoms with Crippen molar-refractivity contribution in [3.05, 3.63) is 121 Å². The Labute approximate surface area is 238 Å². The van der Waals surface area contributed by atoms with Gasteiger partial charge in [-0.1, -0.05) is 103 Å². The van der Waals surface area contributed by atoms with Crippen molar-refractivity contribution in [1.29, 1.82) is 0 Å². The molecular weight excluding hydrogens is 549 g/mol. The van der Waals surface area contributed by atoms with Crippen molar-refractivity contribution in [3.63, 3.8) is 0 Å². The van der Waals surface area contributed by atoms with Gasteiger partial charge in [-0.25, -0.2) is 4.79 Å². The Bertz CT molecular complexity index is 1410. The van der Waals surface area contributed by atoms with Gasteiger partial charge in [-0.2, -0.15) is 12.6 Å². The van der Waals surface area contributed by atoms with Crippen LogP contribution < -0.4 is 20.7 Å². The van der Waals surface area contributed by atoms with Crippen molar-refractivity contribution in [2.24, 2.45) is 0 Å². The van der Waals surface area contributed by atoms with Crippen molar-refractivity contribution >= 4 is 64.3 Å². The highest BCUT2D eigenvalue weighted by atomic mass is 35.5. The maximum Gasteiger partial charge on any atom is 0.356 e. The molecule has 2 unspecified atom stereocenters. The molecule has 39 heavy (non-hydrogen) atoms. The highest BCUT2D eigenvalue weighted by molar-refractivity contribution is 7.96. The number of β-lactam (4-membered cyclic amide) rings is 1. The molecule has 5 rings (SSSR count). The minimum Gasteiger partial charge on any atom is -0.497 e. The lowest BCUT2D eigenvalue weighted by molar-refractivity contribution is -0.142. The van der Waals surface area contributed by atoms with E-state index in [1.165, 1.54) is 4.90 Å². The van der Waals surface area contributed by atoms with Crippen molar-refractivity contribution in [3.8, 4) is 5.75 Å². The smallest absolute Gasteiger partial charge is 0.356 e. The van der Waals surface area contributed by atoms with Crippen LogP contribution in [-0.2, 0) is 20.9 Å². The zero-order valence-electron chi connectivity index (χ0n) is 21.2. The molecule has 0 N–H and O–H groups in total. The van der Waals surface area contributed by atoms with Crippen LogP contribution in [-0.4, -0.2) is 40.1 Å². The molecule has 0 radical (unpaired) electrons. The number of thiol groups is 1. The maximum absolute atomic E-state index is 14.3. The molecule has 8 heteroatoms. The molecule has 198 valence electrons. The zero-order valence-corrected chi connectivity index (χ0v) is 23.7. The predicted octanol–water partition coefficient (Wildman–Crippen LogP) is 4.57. The molecule has 0 aromatic heterocycles. The first-order valence-electron chi connectivity index (χ1n) is 12.4. The summed E-state index contributed by atoms with van der Waals surface area (Å²) in [7, 11) is 1.60. The highest BCUT2D eigenvalue weighted by Crippen LogP contribution is 2.49. The summed E-state index contributed by atoms with van der Waals surface area (Å²) in [6, 6.07) is 36.7. The van der Waals surface area contributed by atoms with E-state index in [4.69, 9.17) is 21.1 Å². The topological polar surface area (TPSA) is 55.8 Å². The third-order valence-corrected chi connectivity index (χ3v) is 12.1. The average molecular weight is 576 g/mol. The van der Waals surface area contributed by atoms with Crippen LogP contribution in [0, 0.1) is 0 Å². The van der Waals surface area contributed by atoms with Gasteiger partial charge in [0.15, 0.2) is 0 Å². The summed E-state index contributed by atoms with van der Waals surface area (Å²) in [5, 5.41) is 1.20. The third kappa shape index (κ3) is 5.00. The summed E-state index contributed by atoms with van der Waals surface area (Å²) >= 11 is 11.0. The van der Waals surface area contributed by atoms with E-state index in [0.29, 0.717) is 5.75 Å². The highest BCUT2D eigenvalue weighted by Gasteiger charge is 2.51. The molecule has 5 nitrogen and oxygen atoms in total. The largest absolute Gasteiger partial charge is 0.497 e. The van der Waals surface area contributed by atoms with Gasteiger partial charge in [-0.3, -0.25) is 9.69 Å². The number of esters is 1. The molecule has 1 aliphatic heterocycles. The summed E-state index contributed by atoms with van der Waals surface area (Å²) < 4.78 is 11.2. The summed E-state index contributed by atoms with van der Waals surface area (Å²) in [5.74, 6) is -0.261. The normalized spacial score (nSPS) is 16.8. The number of methoxy groups -OCH3 is 1. The van der Waals surface area contributed by atoms with Crippen LogP contribution in [0.3, 0.4) is 0 Å². The predicted molar refractivity (Wildman–Crippen MR) is 162 cm³/mol. The zero-order chi connectivity index (χ0) is 27.4. The van der Waals surface area contributed by atoms with E-state index in [1.807, 2.05) is 115 Å². The van der Waals surface area contributed by atoms with E-state index in [1.54, 1.807) is 7.11 Å². The second kappa shape index (κ2) is 11.7. The number of carbonyl (C=O) groups is 2. The monoisotopic (exact) mass is 575 g/mol. The SMILES string of the molecule is COc1ccc(COC(=O)C(N2C(=O)C(Cl)C2S)=P(c2ccccc2)(c2ccccc2)c2ccccc2)cc1. The molecule has 1 saturated heterocycles. The number of nitrogens with zero attached hydrogens (tertiary/aromatic N) is 1. The van der Waals surface area contributed by atoms with Crippen LogP contribution >= 0.6 is 31.1 Å². The lowest BCUT2D eigenvalue weighted by Gasteiger charge is -2.45. The number of carbonyl (C=O) groups excluding carboxylic acids is 2. The number of halogens is 1. The number of benzene rings is 4. The maximum atomic E-state index is 14.3. The second-order valence-corrected chi connectivity index (χ2v) is 13.3. The Kier molecular flexibility index (Phi) is 8.18. The molecule has 0 spiro atoms. The fourth-order valence-corrected chi connectivity index (χ4v) is 9.81. The van der Waals surface area contributed by atoms with Gasteiger partial charge in [0.05, 0.1) is 7.11 Å². The number of hydrogen-bond donors (Lipinski definition) is 1. The fraction of sp³-hybridized carbons (Fsp3) is 0.129. The number of ether oxygens (including phenoxy) is 2. The van der Waals surface area contributed by atoms with Gasteiger partial charge in [0.25, 0.3) is 0 Å². The van der Waals surface area contributed by atoms with Gasteiger partial charge in [-0.15, -0.1) is 11.6 Å². The Hall–Kier alpha value is -3.44. The Morgan fingerprint density at radius 2 is 1.28 bits per heavy atom. The molecule has 1 fully saturated rings. The van der Waals surface area contributed by atoms with Crippen LogP contribution in [0.4, 0.5) is 0 Å². The molecule has 1 aliphatic rings. The van der Waals surface area contributed by atoms with Crippen molar-refractivity contribution in [1.82, 2.24) is 4.90 Å². The number of likely N-dealkylation sites (tertiary alicyclic amines) is 1. The van der Waals surface area contributed by atoms with E-state index in [0.717, 1.165) is 21.5 Å². The number of hydrogen-bond acceptors (Lipinski definition) is 5. The minimum atomic E-state index is -2.96. The fourth-order valence-electron chi connectivity index (χ4n) is 4.77. The molecule has 0 aliphatic carbocycles. The average Bonchev–Trinajstić information content (AvgIpc) is 3.01. The van der Waals surface area contributed by atoms with Gasteiger partial charge >= 0.3 is 5.97 Å². The first-order chi connectivity index (χ1) is 19.0. The summed E-state index contributed by atoms with van der Waals surface area (Å²) in [5.41, 5.74) is 1.04. The van der Waals surface area contributed by atoms with E-state index in [-0.39, 0.29) is 17.9 Å². The van der Waals surface area contributed by atoms with Gasteiger partial charge < -0.3 is 9.47 Å². The molecule has 4 aromatic rings. The Morgan fingerprint density at radius 1 is 0.821 bits per heavy atom. The van der Waals surface area contributed by atoms with Crippen LogP contribution in [0.15, 0.2) is 115 Å². The molecule has 1 heterocycles. The first-order valence-corrected chi connectivity index (χ1v) is 15.1. The standard InChI is InChI=1S/C31H27ClNO4PS/c1-36-23-19-17-22(18-20-23)21-37-31(35)29(33-28(34)27(32)30(33)39)38(24-11-5-2-6-12-24,25-13-7-3-8-14-25)26-15-9-4-10-16-26/h2-20,27,30,39H,21H2,1H3. The van der Waals surface area contributed by atoms with Crippen LogP contribution in [0.1, 0.15) is 5.56 Å². The first kappa shape index (κ1) is 27.1. The molecule has 2 atom stereocenters. The summed E-state index contributed by atoms with van der Waals surface area (Å²) in [4.78, 5) is 29.1. The van der Waals surface area contributed by atoms with Crippen LogP contribution in [0.5, 0.6) is 5.75 Å². The Morgan fingerprint density at radius 3 is 1.69 bits per heavy atom. The third-order valence-electron chi connectivity index (χ3n) is 6.69. The lowest BCUT2D eigenvalue weighted by Crippen LogP contribution is -2.64. The van der Waals surface area contributed by atoms with Gasteiger partial charge in [0.1, 0.15) is 28.5 Å². The van der Waals surface area contributed by atoms with Gasteiger partial charge in [0.2, 0.25) is 5.91 Å². The van der Waals surface area contributed by atoms with Crippen molar-refractivity contribution in [2.45, 2.75) is 17.4 Å². The quantitative estimate of drug-likeness (QED) is 0.110. The number of rotatable bonds is 8. The van der Waals surface area contributed by atoms with E-state index in [2.05, 4.69) is 12.6 Å².